The first-order valence-electron chi connectivity index (χ1n) is 9.56. The van der Waals surface area contributed by atoms with Gasteiger partial charge >= 0.3 is 0 Å². The molecule has 3 aromatic rings. The topological polar surface area (TPSA) is 46.1 Å². The molecule has 0 unspecified atom stereocenters. The molecule has 0 radical (unpaired) electrons. The summed E-state index contributed by atoms with van der Waals surface area (Å²) in [5.41, 5.74) is 5.54. The molecule has 6 heteroatoms. The maximum absolute atomic E-state index is 12.5. The van der Waals surface area contributed by atoms with E-state index in [2.05, 4.69) is 35.5 Å². The molecule has 3 heterocycles. The lowest BCUT2D eigenvalue weighted by Crippen LogP contribution is -2.31. The first-order valence-corrected chi connectivity index (χ1v) is 10.4. The van der Waals surface area contributed by atoms with E-state index in [1.807, 2.05) is 17.0 Å². The number of amides is 1. The van der Waals surface area contributed by atoms with E-state index in [9.17, 15) is 4.79 Å². The van der Waals surface area contributed by atoms with E-state index in [1.54, 1.807) is 23.7 Å². The Balaban J connectivity index is 0.00000225. The number of carbonyl (C=O) groups excluding carboxylic acids is 1. The summed E-state index contributed by atoms with van der Waals surface area (Å²) in [6, 6.07) is 10.4. The lowest BCUT2D eigenvalue weighted by Gasteiger charge is -2.23. The van der Waals surface area contributed by atoms with Gasteiger partial charge in [0.05, 0.1) is 5.69 Å². The second-order valence-electron chi connectivity index (χ2n) is 6.87. The number of nitrogens with zero attached hydrogens (tertiary/aromatic N) is 3. The number of aromatic nitrogens is 2. The summed E-state index contributed by atoms with van der Waals surface area (Å²) in [6.07, 6.45) is 8.20. The van der Waals surface area contributed by atoms with E-state index in [-0.39, 0.29) is 18.3 Å². The van der Waals surface area contributed by atoms with Crippen molar-refractivity contribution in [3.63, 3.8) is 0 Å². The number of thiazole rings is 1. The molecule has 0 bridgehead atoms. The molecule has 1 aromatic carbocycles. The highest BCUT2D eigenvalue weighted by Gasteiger charge is 2.22. The van der Waals surface area contributed by atoms with E-state index in [1.165, 1.54) is 5.56 Å². The molecule has 1 aliphatic rings. The van der Waals surface area contributed by atoms with Gasteiger partial charge in [0.1, 0.15) is 5.01 Å². The SMILES string of the molecule is CCCCN1C(=O)CCCc2cc(-c3csc(-c4ccncc4)n3)ccc21.Cl. The normalized spacial score (nSPS) is 13.6. The monoisotopic (exact) mass is 413 g/mol. The average Bonchev–Trinajstić information content (AvgIpc) is 3.14. The molecule has 0 N–H and O–H groups in total. The number of aryl methyl sites for hydroxylation is 1. The van der Waals surface area contributed by atoms with Crippen molar-refractivity contribution in [1.82, 2.24) is 9.97 Å². The second-order valence-corrected chi connectivity index (χ2v) is 7.73. The van der Waals surface area contributed by atoms with Gasteiger partial charge in [-0.15, -0.1) is 23.7 Å². The van der Waals surface area contributed by atoms with Crippen LogP contribution in [0.3, 0.4) is 0 Å². The molecule has 1 amide bonds. The minimum absolute atomic E-state index is 0. The summed E-state index contributed by atoms with van der Waals surface area (Å²) in [4.78, 5) is 23.4. The largest absolute Gasteiger partial charge is 0.312 e. The number of rotatable bonds is 5. The molecule has 28 heavy (non-hydrogen) atoms. The highest BCUT2D eigenvalue weighted by Crippen LogP contribution is 2.34. The number of pyridine rings is 1. The molecule has 1 aliphatic heterocycles. The van der Waals surface area contributed by atoms with E-state index < -0.39 is 0 Å². The fourth-order valence-electron chi connectivity index (χ4n) is 3.50. The molecule has 4 rings (SSSR count). The molecule has 0 aliphatic carbocycles. The van der Waals surface area contributed by atoms with Crippen LogP contribution >= 0.6 is 23.7 Å². The molecule has 0 saturated carbocycles. The van der Waals surface area contributed by atoms with Crippen LogP contribution in [0.25, 0.3) is 21.8 Å². The lowest BCUT2D eigenvalue weighted by molar-refractivity contribution is -0.118. The van der Waals surface area contributed by atoms with E-state index in [4.69, 9.17) is 4.98 Å². The first kappa shape index (κ1) is 20.5. The van der Waals surface area contributed by atoms with E-state index in [0.717, 1.165) is 59.7 Å². The van der Waals surface area contributed by atoms with Crippen LogP contribution < -0.4 is 4.90 Å². The number of anilines is 1. The molecule has 2 aromatic heterocycles. The highest BCUT2D eigenvalue weighted by molar-refractivity contribution is 7.13. The van der Waals surface area contributed by atoms with Gasteiger partial charge in [0.2, 0.25) is 5.91 Å². The van der Waals surface area contributed by atoms with Crippen LogP contribution in [0.15, 0.2) is 48.1 Å². The summed E-state index contributed by atoms with van der Waals surface area (Å²) in [5, 5.41) is 3.11. The minimum atomic E-state index is 0. The van der Waals surface area contributed by atoms with Gasteiger partial charge in [-0.1, -0.05) is 19.4 Å². The van der Waals surface area contributed by atoms with Gasteiger partial charge in [-0.25, -0.2) is 4.98 Å². The van der Waals surface area contributed by atoms with Gasteiger partial charge < -0.3 is 4.90 Å². The third-order valence-corrected chi connectivity index (χ3v) is 5.86. The van der Waals surface area contributed by atoms with Crippen molar-refractivity contribution in [3.05, 3.63) is 53.7 Å². The van der Waals surface area contributed by atoms with Gasteiger partial charge in [-0.2, -0.15) is 0 Å². The Morgan fingerprint density at radius 2 is 1.93 bits per heavy atom. The van der Waals surface area contributed by atoms with Crippen LogP contribution in [0.5, 0.6) is 0 Å². The van der Waals surface area contributed by atoms with Crippen molar-refractivity contribution in [2.24, 2.45) is 0 Å². The molecule has 0 spiro atoms. The van der Waals surface area contributed by atoms with Crippen molar-refractivity contribution >= 4 is 35.3 Å². The van der Waals surface area contributed by atoms with Crippen LogP contribution in [-0.4, -0.2) is 22.4 Å². The summed E-state index contributed by atoms with van der Waals surface area (Å²) < 4.78 is 0. The van der Waals surface area contributed by atoms with E-state index >= 15 is 0 Å². The van der Waals surface area contributed by atoms with Crippen LogP contribution in [0, 0.1) is 0 Å². The summed E-state index contributed by atoms with van der Waals surface area (Å²) in [6.45, 7) is 2.97. The zero-order chi connectivity index (χ0) is 18.6. The number of fused-ring (bicyclic) bond motifs is 1. The Kier molecular flexibility index (Phi) is 6.81. The third kappa shape index (κ3) is 4.26. The van der Waals surface area contributed by atoms with Crippen molar-refractivity contribution in [3.8, 4) is 21.8 Å². The molecule has 4 nitrogen and oxygen atoms in total. The predicted molar refractivity (Wildman–Crippen MR) is 118 cm³/mol. The maximum Gasteiger partial charge on any atom is 0.226 e. The van der Waals surface area contributed by atoms with Gasteiger partial charge in [-0.05, 0) is 49.1 Å². The number of halogens is 1. The Bertz CT molecular complexity index is 942. The molecule has 0 fully saturated rings. The molecular formula is C22H24ClN3OS. The number of hydrogen-bond acceptors (Lipinski definition) is 4. The van der Waals surface area contributed by atoms with Crippen LogP contribution in [0.2, 0.25) is 0 Å². The highest BCUT2D eigenvalue weighted by atomic mass is 35.5. The zero-order valence-electron chi connectivity index (χ0n) is 15.9. The fourth-order valence-corrected chi connectivity index (χ4v) is 4.34. The Labute approximate surface area is 176 Å². The van der Waals surface area contributed by atoms with Gasteiger partial charge in [0.25, 0.3) is 0 Å². The van der Waals surface area contributed by atoms with Crippen molar-refractivity contribution in [2.45, 2.75) is 39.0 Å². The quantitative estimate of drug-likeness (QED) is 0.533. The Hall–Kier alpha value is -2.24. The van der Waals surface area contributed by atoms with Crippen LogP contribution in [0.1, 0.15) is 38.2 Å². The van der Waals surface area contributed by atoms with Crippen molar-refractivity contribution in [2.75, 3.05) is 11.4 Å². The van der Waals surface area contributed by atoms with E-state index in [0.29, 0.717) is 6.42 Å². The van der Waals surface area contributed by atoms with Gasteiger partial charge in [0.15, 0.2) is 0 Å². The Morgan fingerprint density at radius 3 is 2.71 bits per heavy atom. The standard InChI is InChI=1S/C22H23N3OS.ClH/c1-2-3-13-25-20-8-7-17(14-18(20)5-4-6-21(25)26)19-15-27-22(24-19)16-9-11-23-12-10-16;/h7-12,14-15H,2-6,13H2,1H3;1H. The van der Waals surface area contributed by atoms with Crippen molar-refractivity contribution in [1.29, 1.82) is 0 Å². The fraction of sp³-hybridized carbons (Fsp3) is 0.318. The van der Waals surface area contributed by atoms with Crippen molar-refractivity contribution < 1.29 is 4.79 Å². The van der Waals surface area contributed by atoms with Gasteiger partial charge in [0, 0.05) is 47.6 Å². The third-order valence-electron chi connectivity index (χ3n) is 4.97. The van der Waals surface area contributed by atoms with Gasteiger partial charge in [-0.3, -0.25) is 9.78 Å². The minimum Gasteiger partial charge on any atom is -0.312 e. The molecule has 0 atom stereocenters. The van der Waals surface area contributed by atoms with Crippen LogP contribution in [-0.2, 0) is 11.2 Å². The summed E-state index contributed by atoms with van der Waals surface area (Å²) in [7, 11) is 0. The summed E-state index contributed by atoms with van der Waals surface area (Å²) in [5.74, 6) is 0.253. The average molecular weight is 414 g/mol. The summed E-state index contributed by atoms with van der Waals surface area (Å²) >= 11 is 1.65. The maximum atomic E-state index is 12.5. The number of hydrogen-bond donors (Lipinski definition) is 0. The number of unbranched alkanes of at least 4 members (excludes halogenated alkanes) is 1. The number of benzene rings is 1. The predicted octanol–water partition coefficient (Wildman–Crippen LogP) is 5.76. The Morgan fingerprint density at radius 1 is 1.11 bits per heavy atom. The molecule has 146 valence electrons. The molecular weight excluding hydrogens is 390 g/mol. The number of carbonyl (C=O) groups is 1. The smallest absolute Gasteiger partial charge is 0.226 e. The van der Waals surface area contributed by atoms with Crippen LogP contribution in [0.4, 0.5) is 5.69 Å². The molecule has 0 saturated heterocycles. The zero-order valence-corrected chi connectivity index (χ0v) is 17.6. The first-order chi connectivity index (χ1) is 13.3. The second kappa shape index (κ2) is 9.30. The lowest BCUT2D eigenvalue weighted by atomic mass is 10.0.